The number of halogens is 1. The van der Waals surface area contributed by atoms with Crippen LogP contribution in [0.4, 0.5) is 0 Å². The van der Waals surface area contributed by atoms with Crippen molar-refractivity contribution in [3.05, 3.63) is 0 Å². The van der Waals surface area contributed by atoms with E-state index < -0.39 is 6.10 Å². The summed E-state index contributed by atoms with van der Waals surface area (Å²) in [7, 11) is 0. The van der Waals surface area contributed by atoms with E-state index in [0.29, 0.717) is 0 Å². The van der Waals surface area contributed by atoms with Gasteiger partial charge in [-0.05, 0) is 13.8 Å². The third kappa shape index (κ3) is 2.80. The molecular weight excluding hydrogens is 196 g/mol. The van der Waals surface area contributed by atoms with E-state index in [9.17, 15) is 4.79 Å². The molecule has 3 heteroatoms. The third-order valence-electron chi connectivity index (χ3n) is 1.48. The number of aliphatic hydroxyl groups is 1. The van der Waals surface area contributed by atoms with Gasteiger partial charge in [-0.3, -0.25) is 4.79 Å². The fourth-order valence-corrected chi connectivity index (χ4v) is 1.86. The van der Waals surface area contributed by atoms with Crippen LogP contribution in [0.1, 0.15) is 20.8 Å². The maximum Gasteiger partial charge on any atom is 0.136 e. The van der Waals surface area contributed by atoms with Crippen molar-refractivity contribution in [1.29, 1.82) is 0 Å². The monoisotopic (exact) mass is 208 g/mol. The number of hydrogen-bond acceptors (Lipinski definition) is 2. The number of hydrogen-bond donors (Lipinski definition) is 1. The molecule has 0 aromatic rings. The van der Waals surface area contributed by atoms with Crippen LogP contribution in [0.3, 0.4) is 0 Å². The van der Waals surface area contributed by atoms with Gasteiger partial charge in [-0.1, -0.05) is 22.9 Å². The van der Waals surface area contributed by atoms with Gasteiger partial charge in [0, 0.05) is 4.83 Å². The number of alkyl halides is 1. The lowest BCUT2D eigenvalue weighted by Crippen LogP contribution is -2.30. The molecule has 3 atom stereocenters. The largest absolute Gasteiger partial charge is 0.393 e. The van der Waals surface area contributed by atoms with Crippen molar-refractivity contribution in [2.75, 3.05) is 0 Å². The van der Waals surface area contributed by atoms with Gasteiger partial charge in [0.25, 0.3) is 0 Å². The van der Waals surface area contributed by atoms with Gasteiger partial charge in [-0.15, -0.1) is 0 Å². The van der Waals surface area contributed by atoms with Gasteiger partial charge in [-0.2, -0.15) is 0 Å². The highest BCUT2D eigenvalue weighted by Gasteiger charge is 2.24. The van der Waals surface area contributed by atoms with Gasteiger partial charge in [-0.25, -0.2) is 0 Å². The van der Waals surface area contributed by atoms with E-state index in [2.05, 4.69) is 15.9 Å². The molecule has 60 valence electrons. The summed E-state index contributed by atoms with van der Waals surface area (Å²) in [6.45, 7) is 4.98. The lowest BCUT2D eigenvalue weighted by atomic mass is 9.97. The molecule has 0 spiro atoms. The molecule has 0 aliphatic rings. The standard InChI is InChI=1S/C7H13BrO2/c1-4(8)7(5(2)9)6(3)10/h4-5,7,9H,1-3H3. The maximum atomic E-state index is 10.8. The maximum absolute atomic E-state index is 10.8. The van der Waals surface area contributed by atoms with E-state index in [1.807, 2.05) is 6.92 Å². The predicted molar refractivity (Wildman–Crippen MR) is 44.2 cm³/mol. The first-order valence-corrected chi connectivity index (χ1v) is 4.21. The number of Topliss-reactive ketones (excluding diaryl/α,β-unsaturated/α-hetero) is 1. The highest BCUT2D eigenvalue weighted by atomic mass is 79.9. The summed E-state index contributed by atoms with van der Waals surface area (Å²) in [6.07, 6.45) is -0.563. The lowest BCUT2D eigenvalue weighted by Gasteiger charge is -2.18. The molecule has 1 N–H and O–H groups in total. The average molecular weight is 209 g/mol. The van der Waals surface area contributed by atoms with Crippen molar-refractivity contribution >= 4 is 21.7 Å². The van der Waals surface area contributed by atoms with Crippen molar-refractivity contribution in [3.63, 3.8) is 0 Å². The van der Waals surface area contributed by atoms with E-state index in [-0.39, 0.29) is 16.5 Å². The zero-order chi connectivity index (χ0) is 8.31. The molecule has 0 amide bonds. The van der Waals surface area contributed by atoms with Gasteiger partial charge < -0.3 is 5.11 Å². The fraction of sp³-hybridized carbons (Fsp3) is 0.857. The number of ketones is 1. The molecule has 0 fully saturated rings. The first-order valence-electron chi connectivity index (χ1n) is 3.29. The van der Waals surface area contributed by atoms with E-state index >= 15 is 0 Å². The van der Waals surface area contributed by atoms with Crippen LogP contribution in [0, 0.1) is 5.92 Å². The van der Waals surface area contributed by atoms with Crippen molar-refractivity contribution in [1.82, 2.24) is 0 Å². The Hall–Kier alpha value is 0.110. The molecular formula is C7H13BrO2. The predicted octanol–water partition coefficient (Wildman–Crippen LogP) is 1.36. The summed E-state index contributed by atoms with van der Waals surface area (Å²) >= 11 is 3.26. The topological polar surface area (TPSA) is 37.3 Å². The second-order valence-electron chi connectivity index (χ2n) is 2.55. The number of aliphatic hydroxyl groups excluding tert-OH is 1. The quantitative estimate of drug-likeness (QED) is 0.712. The van der Waals surface area contributed by atoms with Crippen LogP contribution in [0.15, 0.2) is 0 Å². The van der Waals surface area contributed by atoms with Crippen molar-refractivity contribution in [3.8, 4) is 0 Å². The van der Waals surface area contributed by atoms with E-state index in [0.717, 1.165) is 0 Å². The van der Waals surface area contributed by atoms with Crippen LogP contribution in [-0.4, -0.2) is 21.8 Å². The Morgan fingerprint density at radius 1 is 1.50 bits per heavy atom. The molecule has 3 unspecified atom stereocenters. The zero-order valence-corrected chi connectivity index (χ0v) is 8.05. The number of rotatable bonds is 3. The van der Waals surface area contributed by atoms with Gasteiger partial charge in [0.2, 0.25) is 0 Å². The second-order valence-corrected chi connectivity index (χ2v) is 4.00. The van der Waals surface area contributed by atoms with E-state index in [1.165, 1.54) is 6.92 Å². The third-order valence-corrected chi connectivity index (χ3v) is 2.05. The molecule has 0 saturated carbocycles. The van der Waals surface area contributed by atoms with Gasteiger partial charge >= 0.3 is 0 Å². The van der Waals surface area contributed by atoms with Crippen LogP contribution in [0.5, 0.6) is 0 Å². The molecule has 0 aliphatic carbocycles. The Kier molecular flexibility index (Phi) is 4.13. The van der Waals surface area contributed by atoms with Gasteiger partial charge in [0.1, 0.15) is 5.78 Å². The minimum Gasteiger partial charge on any atom is -0.393 e. The molecule has 10 heavy (non-hydrogen) atoms. The molecule has 2 nitrogen and oxygen atoms in total. The summed E-state index contributed by atoms with van der Waals surface area (Å²) in [5, 5.41) is 9.10. The minimum absolute atomic E-state index is 0.0272. The number of carbonyl (C=O) groups is 1. The minimum atomic E-state index is -0.563. The molecule has 0 rings (SSSR count). The summed E-state index contributed by atoms with van der Waals surface area (Å²) in [5.74, 6) is -0.251. The molecule has 0 aliphatic heterocycles. The summed E-state index contributed by atoms with van der Waals surface area (Å²) in [4.78, 5) is 10.9. The molecule has 0 aromatic carbocycles. The first kappa shape index (κ1) is 10.1. The number of carbonyl (C=O) groups excluding carboxylic acids is 1. The molecule has 0 bridgehead atoms. The molecule has 0 aromatic heterocycles. The molecule has 0 radical (unpaired) electrons. The molecule has 0 saturated heterocycles. The van der Waals surface area contributed by atoms with Crippen LogP contribution in [0.25, 0.3) is 0 Å². The van der Waals surface area contributed by atoms with Crippen LogP contribution < -0.4 is 0 Å². The SMILES string of the molecule is CC(=O)C(C(C)O)C(C)Br. The van der Waals surface area contributed by atoms with Crippen LogP contribution in [-0.2, 0) is 4.79 Å². The molecule has 0 heterocycles. The summed E-state index contributed by atoms with van der Waals surface area (Å²) < 4.78 is 0. The first-order chi connectivity index (χ1) is 4.46. The normalized spacial score (nSPS) is 19.7. The fourth-order valence-electron chi connectivity index (χ4n) is 1.05. The highest BCUT2D eigenvalue weighted by Crippen LogP contribution is 2.17. The van der Waals surface area contributed by atoms with Crippen LogP contribution in [0.2, 0.25) is 0 Å². The second kappa shape index (κ2) is 4.09. The Morgan fingerprint density at radius 2 is 1.90 bits per heavy atom. The Labute approximate surface area is 69.8 Å². The zero-order valence-electron chi connectivity index (χ0n) is 6.47. The van der Waals surface area contributed by atoms with Crippen molar-refractivity contribution in [2.24, 2.45) is 5.92 Å². The lowest BCUT2D eigenvalue weighted by molar-refractivity contribution is -0.123. The summed E-state index contributed by atoms with van der Waals surface area (Å²) in [6, 6.07) is 0. The van der Waals surface area contributed by atoms with Gasteiger partial charge in [0.15, 0.2) is 0 Å². The van der Waals surface area contributed by atoms with Crippen molar-refractivity contribution < 1.29 is 9.90 Å². The van der Waals surface area contributed by atoms with Gasteiger partial charge in [0.05, 0.1) is 12.0 Å². The Balaban J connectivity index is 4.12. The van der Waals surface area contributed by atoms with E-state index in [1.54, 1.807) is 6.92 Å². The van der Waals surface area contributed by atoms with E-state index in [4.69, 9.17) is 5.11 Å². The summed E-state index contributed by atoms with van der Waals surface area (Å²) in [5.41, 5.74) is 0. The van der Waals surface area contributed by atoms with Crippen LogP contribution >= 0.6 is 15.9 Å². The smallest absolute Gasteiger partial charge is 0.136 e. The highest BCUT2D eigenvalue weighted by molar-refractivity contribution is 9.09. The average Bonchev–Trinajstić information content (AvgIpc) is 1.59. The Bertz CT molecular complexity index is 113. The Morgan fingerprint density at radius 3 is 1.90 bits per heavy atom. The van der Waals surface area contributed by atoms with Crippen molar-refractivity contribution in [2.45, 2.75) is 31.7 Å².